The van der Waals surface area contributed by atoms with Gasteiger partial charge in [0, 0.05) is 42.9 Å². The molecule has 6 rings (SSSR count). The van der Waals surface area contributed by atoms with Gasteiger partial charge in [-0.3, -0.25) is 29.6 Å². The molecule has 170 valence electrons. The number of imide groups is 1. The first-order chi connectivity index (χ1) is 16.1. The summed E-state index contributed by atoms with van der Waals surface area (Å²) < 4.78 is 0. The number of likely N-dealkylation sites (tertiary alicyclic amines) is 1. The van der Waals surface area contributed by atoms with E-state index >= 15 is 0 Å². The zero-order chi connectivity index (χ0) is 22.5. The van der Waals surface area contributed by atoms with Gasteiger partial charge >= 0.3 is 0 Å². The maximum atomic E-state index is 12.9. The molecule has 33 heavy (non-hydrogen) atoms. The molecule has 0 radical (unpaired) electrons. The topological polar surface area (TPSA) is 82.6 Å². The SMILES string of the molecule is O=C1CCC(N2Cc3cc(-c4cc(CN5CCC6CCCC65)ccn4)ccc3C2=O)C(=O)N1. The molecular weight excluding hydrogens is 416 g/mol. The van der Waals surface area contributed by atoms with Gasteiger partial charge in [-0.05, 0) is 73.5 Å². The molecule has 3 atom stereocenters. The minimum atomic E-state index is -0.590. The van der Waals surface area contributed by atoms with Crippen LogP contribution >= 0.6 is 0 Å². The second-order valence-corrected chi connectivity index (χ2v) is 9.84. The summed E-state index contributed by atoms with van der Waals surface area (Å²) in [4.78, 5) is 45.5. The van der Waals surface area contributed by atoms with Crippen molar-refractivity contribution in [3.05, 3.63) is 53.2 Å². The highest BCUT2D eigenvalue weighted by molar-refractivity contribution is 6.05. The number of carbonyl (C=O) groups excluding carboxylic acids is 3. The number of rotatable bonds is 4. The van der Waals surface area contributed by atoms with E-state index in [1.807, 2.05) is 24.4 Å². The Hall–Kier alpha value is -3.06. The van der Waals surface area contributed by atoms with Crippen LogP contribution in [0.5, 0.6) is 0 Å². The van der Waals surface area contributed by atoms with E-state index < -0.39 is 6.04 Å². The lowest BCUT2D eigenvalue weighted by atomic mass is 10.0. The molecule has 3 fully saturated rings. The lowest BCUT2D eigenvalue weighted by Gasteiger charge is -2.29. The van der Waals surface area contributed by atoms with Crippen molar-refractivity contribution in [1.82, 2.24) is 20.1 Å². The molecule has 1 N–H and O–H groups in total. The second kappa shape index (κ2) is 8.06. The molecule has 0 spiro atoms. The molecular formula is C26H28N4O3. The number of nitrogens with zero attached hydrogens (tertiary/aromatic N) is 3. The van der Waals surface area contributed by atoms with Crippen LogP contribution in [0.2, 0.25) is 0 Å². The normalized spacial score (nSPS) is 27.1. The van der Waals surface area contributed by atoms with E-state index in [1.54, 1.807) is 4.90 Å². The zero-order valence-corrected chi connectivity index (χ0v) is 18.6. The standard InChI is InChI=1S/C26H28N4O3/c31-24-7-6-23(25(32)28-24)30-15-19-13-18(4-5-20(19)26(30)33)21-12-16(8-10-27-21)14-29-11-9-17-2-1-3-22(17)29/h4-5,8,10,12-13,17,22-23H,1-3,6-7,9,11,14-15H2,(H,28,31,32). The fraction of sp³-hybridized carbons (Fsp3) is 0.462. The molecule has 7 nitrogen and oxygen atoms in total. The number of benzene rings is 1. The van der Waals surface area contributed by atoms with E-state index in [1.165, 1.54) is 37.8 Å². The monoisotopic (exact) mass is 444 g/mol. The van der Waals surface area contributed by atoms with Crippen molar-refractivity contribution < 1.29 is 14.4 Å². The van der Waals surface area contributed by atoms with E-state index in [0.29, 0.717) is 18.5 Å². The Balaban J connectivity index is 1.21. The molecule has 3 aliphatic heterocycles. The maximum Gasteiger partial charge on any atom is 0.255 e. The van der Waals surface area contributed by atoms with Gasteiger partial charge in [0.1, 0.15) is 6.04 Å². The van der Waals surface area contributed by atoms with Crippen molar-refractivity contribution in [2.75, 3.05) is 6.54 Å². The smallest absolute Gasteiger partial charge is 0.255 e. The van der Waals surface area contributed by atoms with Gasteiger partial charge in [-0.2, -0.15) is 0 Å². The van der Waals surface area contributed by atoms with Gasteiger partial charge in [0.15, 0.2) is 0 Å². The predicted octanol–water partition coefficient (Wildman–Crippen LogP) is 2.88. The number of amides is 3. The Kier molecular flexibility index (Phi) is 5.02. The van der Waals surface area contributed by atoms with Crippen molar-refractivity contribution in [1.29, 1.82) is 0 Å². The molecule has 1 aromatic carbocycles. The van der Waals surface area contributed by atoms with Gasteiger partial charge in [-0.1, -0.05) is 12.5 Å². The number of pyridine rings is 1. The van der Waals surface area contributed by atoms with Gasteiger partial charge in [0.25, 0.3) is 5.91 Å². The average molecular weight is 445 g/mol. The van der Waals surface area contributed by atoms with Crippen LogP contribution in [0, 0.1) is 5.92 Å². The molecule has 1 saturated carbocycles. The summed E-state index contributed by atoms with van der Waals surface area (Å²) in [6, 6.07) is 10.2. The van der Waals surface area contributed by atoms with Crippen LogP contribution in [0.15, 0.2) is 36.5 Å². The van der Waals surface area contributed by atoms with Crippen LogP contribution in [0.1, 0.15) is 60.0 Å². The van der Waals surface area contributed by atoms with E-state index in [9.17, 15) is 14.4 Å². The second-order valence-electron chi connectivity index (χ2n) is 9.84. The number of hydrogen-bond acceptors (Lipinski definition) is 5. The van der Waals surface area contributed by atoms with Crippen molar-refractivity contribution in [2.45, 2.75) is 63.7 Å². The summed E-state index contributed by atoms with van der Waals surface area (Å²) in [6.45, 7) is 2.53. The lowest BCUT2D eigenvalue weighted by Crippen LogP contribution is -2.52. The van der Waals surface area contributed by atoms with E-state index in [4.69, 9.17) is 0 Å². The van der Waals surface area contributed by atoms with Crippen LogP contribution in [-0.2, 0) is 22.7 Å². The Morgan fingerprint density at radius 2 is 1.94 bits per heavy atom. The minimum absolute atomic E-state index is 0.145. The summed E-state index contributed by atoms with van der Waals surface area (Å²) in [6.07, 6.45) is 7.90. The molecule has 1 aliphatic carbocycles. The third-order valence-corrected chi connectivity index (χ3v) is 7.90. The third kappa shape index (κ3) is 3.64. The molecule has 0 bridgehead atoms. The van der Waals surface area contributed by atoms with Crippen LogP contribution in [-0.4, -0.2) is 51.1 Å². The maximum absolute atomic E-state index is 12.9. The highest BCUT2D eigenvalue weighted by Crippen LogP contribution is 2.38. The van der Waals surface area contributed by atoms with Gasteiger partial charge in [0.2, 0.25) is 11.8 Å². The first-order valence-electron chi connectivity index (χ1n) is 12.0. The average Bonchev–Trinajstić information content (AvgIpc) is 3.51. The molecule has 2 saturated heterocycles. The first kappa shape index (κ1) is 20.5. The molecule has 4 aliphatic rings. The quantitative estimate of drug-likeness (QED) is 0.734. The number of hydrogen-bond donors (Lipinski definition) is 1. The largest absolute Gasteiger partial charge is 0.322 e. The van der Waals surface area contributed by atoms with E-state index in [-0.39, 0.29) is 24.1 Å². The number of piperidine rings is 1. The molecule has 7 heteroatoms. The Morgan fingerprint density at radius 3 is 2.82 bits per heavy atom. The van der Waals surface area contributed by atoms with Crippen molar-refractivity contribution in [2.24, 2.45) is 5.92 Å². The Labute approximate surface area is 193 Å². The number of carbonyl (C=O) groups is 3. The minimum Gasteiger partial charge on any atom is -0.322 e. The third-order valence-electron chi connectivity index (χ3n) is 7.90. The fourth-order valence-electron chi connectivity index (χ4n) is 6.23. The molecule has 3 amide bonds. The van der Waals surface area contributed by atoms with Crippen molar-refractivity contribution >= 4 is 17.7 Å². The summed E-state index contributed by atoms with van der Waals surface area (Å²) in [5.74, 6) is 0.0835. The van der Waals surface area contributed by atoms with E-state index in [2.05, 4.69) is 27.3 Å². The Bertz CT molecular complexity index is 1150. The van der Waals surface area contributed by atoms with Gasteiger partial charge in [-0.15, -0.1) is 0 Å². The summed E-state index contributed by atoms with van der Waals surface area (Å²) in [5.41, 5.74) is 4.69. The van der Waals surface area contributed by atoms with Crippen molar-refractivity contribution in [3.63, 3.8) is 0 Å². The summed E-state index contributed by atoms with van der Waals surface area (Å²) in [5, 5.41) is 2.35. The molecule has 1 aromatic heterocycles. The van der Waals surface area contributed by atoms with Crippen LogP contribution in [0.3, 0.4) is 0 Å². The van der Waals surface area contributed by atoms with Crippen LogP contribution in [0.25, 0.3) is 11.3 Å². The van der Waals surface area contributed by atoms with Gasteiger partial charge in [0.05, 0.1) is 5.69 Å². The highest BCUT2D eigenvalue weighted by atomic mass is 16.2. The fourth-order valence-corrected chi connectivity index (χ4v) is 6.23. The zero-order valence-electron chi connectivity index (χ0n) is 18.6. The number of nitrogens with one attached hydrogen (secondary N) is 1. The van der Waals surface area contributed by atoms with Gasteiger partial charge in [-0.25, -0.2) is 0 Å². The first-order valence-corrected chi connectivity index (χ1v) is 12.0. The van der Waals surface area contributed by atoms with Crippen molar-refractivity contribution in [3.8, 4) is 11.3 Å². The number of fused-ring (bicyclic) bond motifs is 2. The highest BCUT2D eigenvalue weighted by Gasteiger charge is 2.39. The van der Waals surface area contributed by atoms with E-state index in [0.717, 1.165) is 35.3 Å². The molecule has 3 unspecified atom stereocenters. The summed E-state index contributed by atoms with van der Waals surface area (Å²) >= 11 is 0. The molecule has 2 aromatic rings. The summed E-state index contributed by atoms with van der Waals surface area (Å²) in [7, 11) is 0. The van der Waals surface area contributed by atoms with Crippen LogP contribution < -0.4 is 5.32 Å². The lowest BCUT2D eigenvalue weighted by molar-refractivity contribution is -0.136. The van der Waals surface area contributed by atoms with Gasteiger partial charge < -0.3 is 4.90 Å². The van der Waals surface area contributed by atoms with Crippen LogP contribution in [0.4, 0.5) is 0 Å². The number of aromatic nitrogens is 1. The molecule has 4 heterocycles. The predicted molar refractivity (Wildman–Crippen MR) is 122 cm³/mol. The Morgan fingerprint density at radius 1 is 1.03 bits per heavy atom.